The number of hydrogen-bond acceptors (Lipinski definition) is 6. The molecule has 0 fully saturated rings. The minimum absolute atomic E-state index is 0.00462. The van der Waals surface area contributed by atoms with Crippen molar-refractivity contribution in [1.29, 1.82) is 0 Å². The Labute approximate surface area is 201 Å². The number of carbonyl (C=O) groups is 1. The molecule has 0 aliphatic heterocycles. The van der Waals surface area contributed by atoms with Crippen molar-refractivity contribution in [2.75, 3.05) is 0 Å². The lowest BCUT2D eigenvalue weighted by atomic mass is 10.2. The Morgan fingerprint density at radius 1 is 0.844 bits per heavy atom. The molecule has 0 saturated carbocycles. The summed E-state index contributed by atoms with van der Waals surface area (Å²) in [6, 6.07) is 7.32. The van der Waals surface area contributed by atoms with Crippen molar-refractivity contribution in [3.05, 3.63) is 44.4 Å². The van der Waals surface area contributed by atoms with Gasteiger partial charge < -0.3 is 4.74 Å². The minimum atomic E-state index is -0.785. The van der Waals surface area contributed by atoms with E-state index in [4.69, 9.17) is 51.1 Å². The summed E-state index contributed by atoms with van der Waals surface area (Å²) in [4.78, 5) is 31.5. The number of carbonyl (C=O) groups excluding carboxylic acids is 1. The van der Waals surface area contributed by atoms with Crippen LogP contribution in [0.5, 0.6) is 0 Å². The molecule has 0 saturated heterocycles. The van der Waals surface area contributed by atoms with Crippen LogP contribution >= 0.6 is 46.4 Å². The fraction of sp³-hybridized carbons (Fsp3) is 0.190. The number of para-hydroxylation sites is 2. The molecule has 0 radical (unpaired) electrons. The Hall–Kier alpha value is -2.45. The van der Waals surface area contributed by atoms with Crippen molar-refractivity contribution in [1.82, 2.24) is 24.5 Å². The smallest absolute Gasteiger partial charge is 0.420 e. The van der Waals surface area contributed by atoms with Gasteiger partial charge in [0.05, 0.1) is 42.0 Å². The first-order valence-electron chi connectivity index (χ1n) is 9.41. The number of rotatable bonds is 0. The van der Waals surface area contributed by atoms with Gasteiger partial charge in [-0.1, -0.05) is 58.5 Å². The highest BCUT2D eigenvalue weighted by atomic mass is 35.5. The van der Waals surface area contributed by atoms with E-state index < -0.39 is 11.7 Å². The van der Waals surface area contributed by atoms with Gasteiger partial charge in [-0.2, -0.15) is 0 Å². The maximum Gasteiger partial charge on any atom is 0.420 e. The average Bonchev–Trinajstić information content (AvgIpc) is 3.06. The Morgan fingerprint density at radius 3 is 2.00 bits per heavy atom. The van der Waals surface area contributed by atoms with Gasteiger partial charge in [0.15, 0.2) is 16.9 Å². The van der Waals surface area contributed by atoms with Crippen molar-refractivity contribution < 1.29 is 9.53 Å². The molecule has 0 bridgehead atoms. The summed E-state index contributed by atoms with van der Waals surface area (Å²) in [6.45, 7) is 5.24. The molecule has 0 unspecified atom stereocenters. The number of aromatic nitrogens is 5. The summed E-state index contributed by atoms with van der Waals surface area (Å²) in [5.41, 5.74) is 1.63. The predicted molar refractivity (Wildman–Crippen MR) is 127 cm³/mol. The molecule has 0 aliphatic rings. The van der Waals surface area contributed by atoms with Crippen LogP contribution in [0.4, 0.5) is 4.79 Å². The first kappa shape index (κ1) is 21.4. The molecular formula is C21H13Cl4N5O2. The Balaban J connectivity index is 1.98. The second-order valence-electron chi connectivity index (χ2n) is 8.05. The van der Waals surface area contributed by atoms with Crippen LogP contribution in [-0.2, 0) is 4.74 Å². The maximum absolute atomic E-state index is 13.2. The molecule has 32 heavy (non-hydrogen) atoms. The zero-order chi connectivity index (χ0) is 22.9. The van der Waals surface area contributed by atoms with Crippen LogP contribution in [0, 0.1) is 0 Å². The van der Waals surface area contributed by atoms with Crippen LogP contribution < -0.4 is 0 Å². The predicted octanol–water partition coefficient (Wildman–Crippen LogP) is 7.08. The van der Waals surface area contributed by atoms with E-state index in [0.717, 1.165) is 0 Å². The number of benzene rings is 2. The van der Waals surface area contributed by atoms with Crippen LogP contribution in [0.25, 0.3) is 44.4 Å². The van der Waals surface area contributed by atoms with Gasteiger partial charge in [0.25, 0.3) is 0 Å². The Bertz CT molecular complexity index is 1610. The standard InChI is InChI=1S/C21H13Cl4N5O2/c1-21(2,3)32-20(31)30-16-10(11(22)12(23)13(24)14(16)25)15-19(30)29-18-17(28-15)26-8-6-4-5-7-9(8)27-18/h4-7H,1-3H3. The van der Waals surface area contributed by atoms with E-state index in [1.807, 2.05) is 24.3 Å². The molecular weight excluding hydrogens is 496 g/mol. The van der Waals surface area contributed by atoms with Gasteiger partial charge in [-0.15, -0.1) is 0 Å². The summed E-state index contributed by atoms with van der Waals surface area (Å²) >= 11 is 25.7. The molecule has 7 nitrogen and oxygen atoms in total. The van der Waals surface area contributed by atoms with E-state index >= 15 is 0 Å². The summed E-state index contributed by atoms with van der Waals surface area (Å²) in [6.07, 6.45) is -0.726. The summed E-state index contributed by atoms with van der Waals surface area (Å²) in [7, 11) is 0. The fourth-order valence-corrected chi connectivity index (χ4v) is 4.42. The molecule has 11 heteroatoms. The normalized spacial score (nSPS) is 12.3. The highest BCUT2D eigenvalue weighted by Crippen LogP contribution is 2.46. The van der Waals surface area contributed by atoms with Crippen molar-refractivity contribution in [2.24, 2.45) is 0 Å². The van der Waals surface area contributed by atoms with Crippen molar-refractivity contribution in [3.63, 3.8) is 0 Å². The third-order valence-corrected chi connectivity index (χ3v) is 6.46. The lowest BCUT2D eigenvalue weighted by molar-refractivity contribution is 0.0550. The third kappa shape index (κ3) is 3.23. The van der Waals surface area contributed by atoms with Crippen molar-refractivity contribution >= 4 is 96.9 Å². The molecule has 3 aromatic heterocycles. The zero-order valence-corrected chi connectivity index (χ0v) is 19.9. The Kier molecular flexibility index (Phi) is 4.87. The lowest BCUT2D eigenvalue weighted by Gasteiger charge is -2.20. The van der Waals surface area contributed by atoms with E-state index in [-0.39, 0.29) is 48.1 Å². The quantitative estimate of drug-likeness (QED) is 0.126. The summed E-state index contributed by atoms with van der Waals surface area (Å²) in [5.74, 6) is 0. The van der Waals surface area contributed by atoms with Crippen LogP contribution in [0.3, 0.4) is 0 Å². The highest BCUT2D eigenvalue weighted by Gasteiger charge is 2.30. The van der Waals surface area contributed by atoms with Gasteiger partial charge in [-0.25, -0.2) is 29.3 Å². The number of fused-ring (bicyclic) bond motifs is 5. The largest absolute Gasteiger partial charge is 0.443 e. The van der Waals surface area contributed by atoms with E-state index in [9.17, 15) is 4.79 Å². The molecule has 0 amide bonds. The molecule has 2 aromatic carbocycles. The van der Waals surface area contributed by atoms with E-state index in [1.54, 1.807) is 20.8 Å². The van der Waals surface area contributed by atoms with E-state index in [0.29, 0.717) is 16.4 Å². The molecule has 0 spiro atoms. The molecule has 162 valence electrons. The number of hydrogen-bond donors (Lipinski definition) is 0. The monoisotopic (exact) mass is 507 g/mol. The van der Waals surface area contributed by atoms with Crippen LogP contribution in [0.15, 0.2) is 24.3 Å². The van der Waals surface area contributed by atoms with Crippen molar-refractivity contribution in [3.8, 4) is 0 Å². The van der Waals surface area contributed by atoms with E-state index in [1.165, 1.54) is 4.57 Å². The second kappa shape index (κ2) is 7.28. The molecule has 5 rings (SSSR count). The van der Waals surface area contributed by atoms with Gasteiger partial charge >= 0.3 is 6.09 Å². The van der Waals surface area contributed by atoms with Crippen LogP contribution in [0.1, 0.15) is 20.8 Å². The van der Waals surface area contributed by atoms with Gasteiger partial charge in [0, 0.05) is 0 Å². The maximum atomic E-state index is 13.2. The molecule has 0 N–H and O–H groups in total. The van der Waals surface area contributed by atoms with Gasteiger partial charge in [-0.3, -0.25) is 0 Å². The van der Waals surface area contributed by atoms with Crippen molar-refractivity contribution in [2.45, 2.75) is 26.4 Å². The van der Waals surface area contributed by atoms with Crippen LogP contribution in [-0.4, -0.2) is 36.2 Å². The Morgan fingerprint density at radius 2 is 1.41 bits per heavy atom. The first-order valence-corrected chi connectivity index (χ1v) is 10.9. The highest BCUT2D eigenvalue weighted by molar-refractivity contribution is 6.56. The van der Waals surface area contributed by atoms with Crippen LogP contribution in [0.2, 0.25) is 20.1 Å². The summed E-state index contributed by atoms with van der Waals surface area (Å²) < 4.78 is 6.78. The second-order valence-corrected chi connectivity index (χ2v) is 9.56. The minimum Gasteiger partial charge on any atom is -0.443 e. The number of halogens is 4. The molecule has 5 aromatic rings. The van der Waals surface area contributed by atoms with Gasteiger partial charge in [-0.05, 0) is 32.9 Å². The molecule has 3 heterocycles. The summed E-state index contributed by atoms with van der Waals surface area (Å²) in [5, 5.41) is 0.476. The molecule has 0 atom stereocenters. The topological polar surface area (TPSA) is 82.8 Å². The third-order valence-electron chi connectivity index (χ3n) is 4.67. The SMILES string of the molecule is CC(C)(C)OC(=O)n1c2nc3nc4ccccc4nc3nc2c2c(Cl)c(Cl)c(Cl)c(Cl)c21. The average molecular weight is 509 g/mol. The zero-order valence-electron chi connectivity index (χ0n) is 16.9. The fourth-order valence-electron chi connectivity index (χ4n) is 3.40. The molecule has 0 aliphatic carbocycles. The number of nitrogens with zero attached hydrogens (tertiary/aromatic N) is 5. The van der Waals surface area contributed by atoms with E-state index in [2.05, 4.69) is 19.9 Å². The number of ether oxygens (including phenoxy) is 1. The lowest BCUT2D eigenvalue weighted by Crippen LogP contribution is -2.27. The first-order chi connectivity index (χ1) is 15.1. The van der Waals surface area contributed by atoms with Gasteiger partial charge in [0.2, 0.25) is 0 Å². The van der Waals surface area contributed by atoms with Gasteiger partial charge in [0.1, 0.15) is 11.1 Å².